The second-order valence-corrected chi connectivity index (χ2v) is 10.6. The van der Waals surface area contributed by atoms with E-state index >= 15 is 0 Å². The van der Waals surface area contributed by atoms with Crippen molar-refractivity contribution in [2.45, 2.75) is 59.5 Å². The van der Waals surface area contributed by atoms with Crippen molar-refractivity contribution in [2.75, 3.05) is 13.2 Å². The molecule has 5 nitrogen and oxygen atoms in total. The first-order valence-corrected chi connectivity index (χ1v) is 13.1. The van der Waals surface area contributed by atoms with Crippen LogP contribution in [0.3, 0.4) is 0 Å². The average Bonchev–Trinajstić information content (AvgIpc) is 3.20. The average molecular weight is 547 g/mol. The van der Waals surface area contributed by atoms with Crippen molar-refractivity contribution in [1.82, 2.24) is 9.88 Å². The number of nitrogens with zero attached hydrogens (tertiary/aromatic N) is 2. The first-order chi connectivity index (χ1) is 17.8. The van der Waals surface area contributed by atoms with Crippen LogP contribution in [0.5, 0.6) is 5.75 Å². The first kappa shape index (κ1) is 29.4. The minimum atomic E-state index is -4.37. The maximum atomic E-state index is 12.9. The van der Waals surface area contributed by atoms with Gasteiger partial charge in [-0.15, -0.1) is 17.9 Å². The Kier molecular flexibility index (Phi) is 9.38. The molecule has 0 bridgehead atoms. The molecule has 0 amide bonds. The molecule has 3 rings (SSSR count). The normalized spacial score (nSPS) is 12.0. The number of halogens is 3. The van der Waals surface area contributed by atoms with Gasteiger partial charge in [-0.3, -0.25) is 4.90 Å². The van der Waals surface area contributed by atoms with Gasteiger partial charge in [0.15, 0.2) is 5.60 Å². The molecule has 0 aliphatic carbocycles. The number of esters is 1. The lowest BCUT2D eigenvalue weighted by molar-refractivity contribution is -0.158. The second kappa shape index (κ2) is 12.1. The summed E-state index contributed by atoms with van der Waals surface area (Å²) in [5.41, 5.74) is 1.69. The Balaban J connectivity index is 1.73. The quantitative estimate of drug-likeness (QED) is 0.186. The molecule has 0 saturated heterocycles. The minimum Gasteiger partial charge on any atom is -0.476 e. The Bertz CT molecular complexity index is 1270. The van der Waals surface area contributed by atoms with Gasteiger partial charge in [-0.1, -0.05) is 30.3 Å². The van der Waals surface area contributed by atoms with Crippen molar-refractivity contribution < 1.29 is 27.4 Å². The van der Waals surface area contributed by atoms with Crippen molar-refractivity contribution in [2.24, 2.45) is 0 Å². The zero-order valence-electron chi connectivity index (χ0n) is 22.3. The number of carbonyl (C=O) groups excluding carboxylic acids is 1. The van der Waals surface area contributed by atoms with E-state index in [9.17, 15) is 18.0 Å². The Morgan fingerprint density at radius 1 is 1.11 bits per heavy atom. The van der Waals surface area contributed by atoms with E-state index in [1.165, 1.54) is 23.5 Å². The second-order valence-electron chi connectivity index (χ2n) is 9.49. The van der Waals surface area contributed by atoms with E-state index in [0.29, 0.717) is 36.0 Å². The Labute approximate surface area is 225 Å². The molecule has 1 heterocycles. The summed E-state index contributed by atoms with van der Waals surface area (Å²) in [7, 11) is 0. The van der Waals surface area contributed by atoms with E-state index in [2.05, 4.69) is 16.5 Å². The summed E-state index contributed by atoms with van der Waals surface area (Å²) in [6.07, 6.45) is -2.53. The molecular formula is C29H33F3N2O3S. The number of hydrogen-bond acceptors (Lipinski definition) is 6. The molecule has 9 heteroatoms. The van der Waals surface area contributed by atoms with Gasteiger partial charge >= 0.3 is 12.1 Å². The maximum absolute atomic E-state index is 12.9. The number of hydrogen-bond donors (Lipinski definition) is 0. The molecule has 0 atom stereocenters. The third kappa shape index (κ3) is 7.45. The SMILES string of the molecule is C=CCN(Cc1ccc(OC(C)(C)C(=O)OCC)c(C)c1)Cc1sc(-c2ccc(C(F)(F)F)cc2)nc1C. The minimum absolute atomic E-state index is 0.285. The van der Waals surface area contributed by atoms with Gasteiger partial charge in [-0.05, 0) is 63.9 Å². The van der Waals surface area contributed by atoms with Crippen molar-refractivity contribution in [3.05, 3.63) is 82.4 Å². The monoisotopic (exact) mass is 546 g/mol. The lowest BCUT2D eigenvalue weighted by Crippen LogP contribution is -2.39. The van der Waals surface area contributed by atoms with Crippen molar-refractivity contribution >= 4 is 17.3 Å². The molecule has 1 aromatic heterocycles. The van der Waals surface area contributed by atoms with Crippen LogP contribution in [0.15, 0.2) is 55.1 Å². The lowest BCUT2D eigenvalue weighted by Gasteiger charge is -2.26. The van der Waals surface area contributed by atoms with E-state index in [1.807, 2.05) is 38.1 Å². The molecule has 0 radical (unpaired) electrons. The molecular weight excluding hydrogens is 513 g/mol. The van der Waals surface area contributed by atoms with Gasteiger partial charge in [0.2, 0.25) is 0 Å². The lowest BCUT2D eigenvalue weighted by atomic mass is 10.1. The summed E-state index contributed by atoms with van der Waals surface area (Å²) in [4.78, 5) is 20.1. The number of carbonyl (C=O) groups is 1. The smallest absolute Gasteiger partial charge is 0.416 e. The molecule has 2 aromatic carbocycles. The van der Waals surface area contributed by atoms with Gasteiger partial charge < -0.3 is 9.47 Å². The number of rotatable bonds is 11. The van der Waals surface area contributed by atoms with Gasteiger partial charge in [0, 0.05) is 30.1 Å². The highest BCUT2D eigenvalue weighted by atomic mass is 32.1. The van der Waals surface area contributed by atoms with E-state index in [0.717, 1.165) is 33.8 Å². The van der Waals surface area contributed by atoms with Crippen LogP contribution in [0.2, 0.25) is 0 Å². The number of aryl methyl sites for hydroxylation is 2. The van der Waals surface area contributed by atoms with E-state index in [-0.39, 0.29) is 6.61 Å². The van der Waals surface area contributed by atoms with Crippen molar-refractivity contribution in [3.8, 4) is 16.3 Å². The van der Waals surface area contributed by atoms with Crippen LogP contribution in [0.25, 0.3) is 10.6 Å². The van der Waals surface area contributed by atoms with Gasteiger partial charge in [-0.2, -0.15) is 13.2 Å². The largest absolute Gasteiger partial charge is 0.476 e. The van der Waals surface area contributed by atoms with E-state index in [4.69, 9.17) is 9.47 Å². The molecule has 0 unspecified atom stereocenters. The van der Waals surface area contributed by atoms with Gasteiger partial charge in [0.1, 0.15) is 10.8 Å². The molecule has 0 N–H and O–H groups in total. The molecule has 0 spiro atoms. The molecule has 3 aromatic rings. The van der Waals surface area contributed by atoms with Crippen LogP contribution >= 0.6 is 11.3 Å². The summed E-state index contributed by atoms with van der Waals surface area (Å²) in [5, 5.41) is 0.686. The van der Waals surface area contributed by atoms with Crippen LogP contribution in [0.1, 0.15) is 48.0 Å². The number of benzene rings is 2. The fourth-order valence-corrected chi connectivity index (χ4v) is 4.99. The van der Waals surface area contributed by atoms with Gasteiger partial charge in [0.25, 0.3) is 0 Å². The van der Waals surface area contributed by atoms with Crippen LogP contribution < -0.4 is 4.74 Å². The zero-order valence-corrected chi connectivity index (χ0v) is 23.1. The maximum Gasteiger partial charge on any atom is 0.416 e. The molecule has 38 heavy (non-hydrogen) atoms. The molecule has 0 fully saturated rings. The molecule has 0 aliphatic heterocycles. The molecule has 204 valence electrons. The van der Waals surface area contributed by atoms with Crippen molar-refractivity contribution in [3.63, 3.8) is 0 Å². The predicted molar refractivity (Wildman–Crippen MR) is 144 cm³/mol. The predicted octanol–water partition coefficient (Wildman–Crippen LogP) is 7.35. The summed E-state index contributed by atoms with van der Waals surface area (Å²) >= 11 is 1.48. The van der Waals surface area contributed by atoms with E-state index < -0.39 is 23.3 Å². The number of thiazole rings is 1. The van der Waals surface area contributed by atoms with E-state index in [1.54, 1.807) is 20.8 Å². The Morgan fingerprint density at radius 2 is 1.79 bits per heavy atom. The Hall–Kier alpha value is -3.17. The highest BCUT2D eigenvalue weighted by Crippen LogP contribution is 2.33. The molecule has 0 saturated carbocycles. The third-order valence-electron chi connectivity index (χ3n) is 5.88. The van der Waals surface area contributed by atoms with Crippen LogP contribution in [-0.4, -0.2) is 34.6 Å². The van der Waals surface area contributed by atoms with Crippen LogP contribution in [0, 0.1) is 13.8 Å². The van der Waals surface area contributed by atoms with Crippen molar-refractivity contribution in [1.29, 1.82) is 0 Å². The van der Waals surface area contributed by atoms with Gasteiger partial charge in [0.05, 0.1) is 17.9 Å². The fourth-order valence-electron chi connectivity index (χ4n) is 3.87. The number of aromatic nitrogens is 1. The molecule has 0 aliphatic rings. The summed E-state index contributed by atoms with van der Waals surface area (Å²) in [6.45, 7) is 15.0. The summed E-state index contributed by atoms with van der Waals surface area (Å²) < 4.78 is 49.8. The zero-order chi connectivity index (χ0) is 28.1. The highest BCUT2D eigenvalue weighted by molar-refractivity contribution is 7.15. The first-order valence-electron chi connectivity index (χ1n) is 12.3. The summed E-state index contributed by atoms with van der Waals surface area (Å²) in [5.74, 6) is 0.192. The fraction of sp³-hybridized carbons (Fsp3) is 0.379. The summed E-state index contributed by atoms with van der Waals surface area (Å²) in [6, 6.07) is 10.9. The topological polar surface area (TPSA) is 51.7 Å². The van der Waals surface area contributed by atoms with Crippen LogP contribution in [-0.2, 0) is 28.8 Å². The standard InChI is InChI=1S/C29H33F3N2O3S/c1-7-15-34(17-21-9-14-24(19(3)16-21)37-28(5,6)27(35)36-8-2)18-25-20(4)33-26(38-25)22-10-12-23(13-11-22)29(30,31)32/h7,9-14,16H,1,8,15,17-18H2,2-6H3. The third-order valence-corrected chi connectivity index (χ3v) is 7.08. The Morgan fingerprint density at radius 3 is 2.37 bits per heavy atom. The highest BCUT2D eigenvalue weighted by Gasteiger charge is 2.32. The van der Waals surface area contributed by atoms with Gasteiger partial charge in [-0.25, -0.2) is 9.78 Å². The number of ether oxygens (including phenoxy) is 2. The van der Waals surface area contributed by atoms with Crippen LogP contribution in [0.4, 0.5) is 13.2 Å². The number of alkyl halides is 3.